The smallest absolute Gasteiger partial charge is 0.303 e. The maximum atomic E-state index is 10.3. The molecule has 0 saturated heterocycles. The van der Waals surface area contributed by atoms with E-state index in [1.807, 2.05) is 12.1 Å². The van der Waals surface area contributed by atoms with Crippen molar-refractivity contribution < 1.29 is 9.90 Å². The van der Waals surface area contributed by atoms with Crippen LogP contribution in [0.3, 0.4) is 0 Å². The van der Waals surface area contributed by atoms with E-state index in [1.54, 1.807) is 18.3 Å². The molecule has 0 atom stereocenters. The molecule has 0 radical (unpaired) electrons. The van der Waals surface area contributed by atoms with Crippen molar-refractivity contribution in [2.24, 2.45) is 5.10 Å². The van der Waals surface area contributed by atoms with E-state index in [9.17, 15) is 4.79 Å². The maximum Gasteiger partial charge on any atom is 0.303 e. The number of hydrogen-bond acceptors (Lipinski definition) is 3. The van der Waals surface area contributed by atoms with Crippen LogP contribution in [0.2, 0.25) is 5.02 Å². The Labute approximate surface area is 121 Å². The number of rotatable bonds is 6. The minimum absolute atomic E-state index is 0.115. The first-order valence-electron chi connectivity index (χ1n) is 5.62. The first-order chi connectivity index (χ1) is 9.08. The van der Waals surface area contributed by atoms with Gasteiger partial charge in [-0.2, -0.15) is 5.10 Å². The van der Waals surface area contributed by atoms with E-state index in [0.29, 0.717) is 23.1 Å². The lowest BCUT2D eigenvalue weighted by molar-refractivity contribution is -0.137. The maximum absolute atomic E-state index is 10.3. The van der Waals surface area contributed by atoms with E-state index in [2.05, 4.69) is 15.8 Å². The molecule has 102 valence electrons. The fourth-order valence-corrected chi connectivity index (χ4v) is 1.48. The lowest BCUT2D eigenvalue weighted by atomic mass is 10.2. The number of hydrazone groups is 1. The number of nitrogens with zero attached hydrogens (tertiary/aromatic N) is 1. The van der Waals surface area contributed by atoms with Crippen molar-refractivity contribution in [3.8, 4) is 0 Å². The van der Waals surface area contributed by atoms with E-state index < -0.39 is 5.97 Å². The summed E-state index contributed by atoms with van der Waals surface area (Å²) < 4.78 is 0. The second-order valence-corrected chi connectivity index (χ2v) is 4.52. The summed E-state index contributed by atoms with van der Waals surface area (Å²) in [6.45, 7) is 0.495. The third-order valence-electron chi connectivity index (χ3n) is 2.10. The summed E-state index contributed by atoms with van der Waals surface area (Å²) in [5, 5.41) is 16.3. The summed E-state index contributed by atoms with van der Waals surface area (Å²) in [4.78, 5) is 10.3. The average Bonchev–Trinajstić information content (AvgIpc) is 2.37. The lowest BCUT2D eigenvalue weighted by Crippen LogP contribution is -2.32. The lowest BCUT2D eigenvalue weighted by Gasteiger charge is -2.05. The largest absolute Gasteiger partial charge is 0.481 e. The molecule has 0 unspecified atom stereocenters. The van der Waals surface area contributed by atoms with Crippen molar-refractivity contribution >= 4 is 41.1 Å². The number of thiocarbonyl (C=S) groups is 1. The molecule has 7 heteroatoms. The summed E-state index contributed by atoms with van der Waals surface area (Å²) in [5.74, 6) is -0.818. The minimum Gasteiger partial charge on any atom is -0.481 e. The van der Waals surface area contributed by atoms with E-state index in [4.69, 9.17) is 28.9 Å². The summed E-state index contributed by atoms with van der Waals surface area (Å²) >= 11 is 10.7. The van der Waals surface area contributed by atoms with E-state index in [1.165, 1.54) is 0 Å². The monoisotopic (exact) mass is 299 g/mol. The molecule has 0 aromatic heterocycles. The van der Waals surface area contributed by atoms with Gasteiger partial charge in [0.25, 0.3) is 0 Å². The number of benzene rings is 1. The quantitative estimate of drug-likeness (QED) is 0.324. The molecule has 0 amide bonds. The fourth-order valence-electron chi connectivity index (χ4n) is 1.20. The minimum atomic E-state index is -0.818. The van der Waals surface area contributed by atoms with Crippen molar-refractivity contribution in [1.29, 1.82) is 0 Å². The van der Waals surface area contributed by atoms with Crippen LogP contribution < -0.4 is 10.7 Å². The fraction of sp³-hybridized carbons (Fsp3) is 0.250. The van der Waals surface area contributed by atoms with Crippen LogP contribution in [0.4, 0.5) is 0 Å². The summed E-state index contributed by atoms with van der Waals surface area (Å²) in [6.07, 6.45) is 2.24. The zero-order chi connectivity index (χ0) is 14.1. The molecule has 0 aliphatic heterocycles. The number of nitrogens with one attached hydrogen (secondary N) is 2. The Kier molecular flexibility index (Phi) is 6.84. The predicted octanol–water partition coefficient (Wildman–Crippen LogP) is 2.00. The molecule has 0 spiro atoms. The highest BCUT2D eigenvalue weighted by atomic mass is 35.5. The standard InChI is InChI=1S/C12H14ClN3O2S/c13-10-5-3-9(4-6-10)8-15-16-12(19)14-7-1-2-11(17)18/h3-6,8H,1-2,7H2,(H,17,18)(H2,14,16,19)/b15-8+. The van der Waals surface area contributed by atoms with Gasteiger partial charge in [-0.25, -0.2) is 0 Å². The Bertz CT molecular complexity index is 463. The van der Waals surface area contributed by atoms with Crippen LogP contribution in [0.25, 0.3) is 0 Å². The molecule has 5 nitrogen and oxygen atoms in total. The van der Waals surface area contributed by atoms with Crippen molar-refractivity contribution in [2.45, 2.75) is 12.8 Å². The van der Waals surface area contributed by atoms with Gasteiger partial charge in [0, 0.05) is 18.0 Å². The van der Waals surface area contributed by atoms with E-state index >= 15 is 0 Å². The van der Waals surface area contributed by atoms with Crippen LogP contribution in [-0.2, 0) is 4.79 Å². The molecule has 1 aromatic carbocycles. The predicted molar refractivity (Wildman–Crippen MR) is 79.7 cm³/mol. The topological polar surface area (TPSA) is 73.7 Å². The highest BCUT2D eigenvalue weighted by molar-refractivity contribution is 7.80. The number of carboxylic acids is 1. The number of carbonyl (C=O) groups is 1. The molecule has 0 saturated carbocycles. The van der Waals surface area contributed by atoms with Crippen LogP contribution in [0.1, 0.15) is 18.4 Å². The molecule has 0 heterocycles. The van der Waals surface area contributed by atoms with Gasteiger partial charge in [-0.3, -0.25) is 10.2 Å². The van der Waals surface area contributed by atoms with Gasteiger partial charge >= 0.3 is 5.97 Å². The van der Waals surface area contributed by atoms with Gasteiger partial charge in [0.2, 0.25) is 0 Å². The van der Waals surface area contributed by atoms with Gasteiger partial charge in [0.05, 0.1) is 6.21 Å². The van der Waals surface area contributed by atoms with Crippen molar-refractivity contribution in [3.05, 3.63) is 34.9 Å². The number of aliphatic carboxylic acids is 1. The number of carboxylic acid groups (broad SMARTS) is 1. The molecule has 1 aromatic rings. The van der Waals surface area contributed by atoms with E-state index in [0.717, 1.165) is 5.56 Å². The molecule has 3 N–H and O–H groups in total. The second-order valence-electron chi connectivity index (χ2n) is 3.67. The Morgan fingerprint density at radius 3 is 2.74 bits per heavy atom. The summed E-state index contributed by atoms with van der Waals surface area (Å²) in [6, 6.07) is 7.20. The molecular weight excluding hydrogens is 286 g/mol. The van der Waals surface area contributed by atoms with Gasteiger partial charge in [0.15, 0.2) is 5.11 Å². The Morgan fingerprint density at radius 2 is 2.11 bits per heavy atom. The SMILES string of the molecule is O=C(O)CCCNC(=S)N/N=C/c1ccc(Cl)cc1. The Balaban J connectivity index is 2.22. The van der Waals surface area contributed by atoms with Crippen LogP contribution in [0, 0.1) is 0 Å². The van der Waals surface area contributed by atoms with E-state index in [-0.39, 0.29) is 6.42 Å². The number of hydrogen-bond donors (Lipinski definition) is 3. The van der Waals surface area contributed by atoms with Crippen molar-refractivity contribution in [3.63, 3.8) is 0 Å². The second kappa shape index (κ2) is 8.44. The van der Waals surface area contributed by atoms with Crippen LogP contribution >= 0.6 is 23.8 Å². The molecule has 19 heavy (non-hydrogen) atoms. The molecule has 0 bridgehead atoms. The van der Waals surface area contributed by atoms with Gasteiger partial charge in [-0.1, -0.05) is 23.7 Å². The zero-order valence-electron chi connectivity index (χ0n) is 10.1. The molecule has 0 aliphatic rings. The van der Waals surface area contributed by atoms with Crippen LogP contribution in [0.15, 0.2) is 29.4 Å². The van der Waals surface area contributed by atoms with Gasteiger partial charge in [-0.15, -0.1) is 0 Å². The normalized spacial score (nSPS) is 10.4. The van der Waals surface area contributed by atoms with Gasteiger partial charge in [-0.05, 0) is 36.3 Å². The zero-order valence-corrected chi connectivity index (χ0v) is 11.7. The Morgan fingerprint density at radius 1 is 1.42 bits per heavy atom. The number of halogens is 1. The molecule has 0 aliphatic carbocycles. The van der Waals surface area contributed by atoms with Crippen LogP contribution in [0.5, 0.6) is 0 Å². The van der Waals surface area contributed by atoms with Crippen LogP contribution in [-0.4, -0.2) is 28.9 Å². The summed E-state index contributed by atoms with van der Waals surface area (Å²) in [7, 11) is 0. The first-order valence-corrected chi connectivity index (χ1v) is 6.41. The Hall–Kier alpha value is -1.66. The molecule has 1 rings (SSSR count). The van der Waals surface area contributed by atoms with Gasteiger partial charge < -0.3 is 10.4 Å². The molecular formula is C12H14ClN3O2S. The van der Waals surface area contributed by atoms with Gasteiger partial charge in [0.1, 0.15) is 0 Å². The van der Waals surface area contributed by atoms with Crippen molar-refractivity contribution in [1.82, 2.24) is 10.7 Å². The summed E-state index contributed by atoms with van der Waals surface area (Å²) in [5.41, 5.74) is 3.54. The first kappa shape index (κ1) is 15.4. The third kappa shape index (κ3) is 7.38. The third-order valence-corrected chi connectivity index (χ3v) is 2.59. The molecule has 0 fully saturated rings. The highest BCUT2D eigenvalue weighted by Crippen LogP contribution is 2.07. The highest BCUT2D eigenvalue weighted by Gasteiger charge is 1.97. The average molecular weight is 300 g/mol. The van der Waals surface area contributed by atoms with Crippen molar-refractivity contribution in [2.75, 3.05) is 6.54 Å².